The zero-order chi connectivity index (χ0) is 23.9. The maximum atomic E-state index is 12.8. The van der Waals surface area contributed by atoms with E-state index in [9.17, 15) is 4.79 Å². The van der Waals surface area contributed by atoms with E-state index in [1.165, 1.54) is 43.4 Å². The van der Waals surface area contributed by atoms with Gasteiger partial charge in [0.1, 0.15) is 5.75 Å². The van der Waals surface area contributed by atoms with Gasteiger partial charge in [-0.25, -0.2) is 4.98 Å². The molecule has 1 fully saturated rings. The maximum absolute atomic E-state index is 12.8. The zero-order valence-corrected chi connectivity index (χ0v) is 20.5. The van der Waals surface area contributed by atoms with E-state index in [1.54, 1.807) is 12.5 Å². The van der Waals surface area contributed by atoms with E-state index >= 15 is 0 Å². The summed E-state index contributed by atoms with van der Waals surface area (Å²) in [6.45, 7) is 4.68. The average molecular weight is 473 g/mol. The number of imidazole rings is 1. The first-order valence-corrected chi connectivity index (χ1v) is 13.0. The van der Waals surface area contributed by atoms with E-state index in [1.807, 2.05) is 18.2 Å². The van der Waals surface area contributed by atoms with Gasteiger partial charge in [-0.1, -0.05) is 24.3 Å². The fourth-order valence-corrected chi connectivity index (χ4v) is 4.85. The number of hydrogen-bond donors (Lipinski definition) is 2. The lowest BCUT2D eigenvalue weighted by Crippen LogP contribution is -2.27. The van der Waals surface area contributed by atoms with E-state index in [0.717, 1.165) is 55.3 Å². The summed E-state index contributed by atoms with van der Waals surface area (Å²) in [5.74, 6) is 1.73. The van der Waals surface area contributed by atoms with E-state index < -0.39 is 0 Å². The van der Waals surface area contributed by atoms with Crippen LogP contribution in [0.4, 0.5) is 0 Å². The Hall–Kier alpha value is -3.12. The predicted molar refractivity (Wildman–Crippen MR) is 138 cm³/mol. The number of hydrogen-bond acceptors (Lipinski definition) is 4. The molecule has 1 saturated carbocycles. The number of H-pyrrole nitrogens is 1. The molecule has 0 saturated heterocycles. The monoisotopic (exact) mass is 472 g/mol. The average Bonchev–Trinajstić information content (AvgIpc) is 3.52. The molecule has 2 aromatic carbocycles. The first kappa shape index (κ1) is 23.6. The Morgan fingerprint density at radius 2 is 2.03 bits per heavy atom. The van der Waals surface area contributed by atoms with Crippen LogP contribution < -0.4 is 10.1 Å². The van der Waals surface area contributed by atoms with Gasteiger partial charge in [0.15, 0.2) is 0 Å². The van der Waals surface area contributed by atoms with Crippen molar-refractivity contribution >= 4 is 5.91 Å². The second-order valence-electron chi connectivity index (χ2n) is 9.99. The Morgan fingerprint density at radius 1 is 1.11 bits per heavy atom. The first-order valence-electron chi connectivity index (χ1n) is 13.0. The highest BCUT2D eigenvalue weighted by molar-refractivity contribution is 5.94. The quantitative estimate of drug-likeness (QED) is 0.543. The lowest BCUT2D eigenvalue weighted by molar-refractivity contribution is 0.0954. The minimum Gasteiger partial charge on any atom is -0.493 e. The molecule has 0 atom stereocenters. The standard InChI is InChI=1S/C29H36N4O2/c34-29(31-12-11-27-18-30-21-32-27)25-9-10-28-26(17-25)16-23-5-4-6-24(15-23)20-33(19-22-7-8-22)13-2-1-3-14-35-28/h4-6,9-10,15,17-18,21-22H,1-3,7-8,11-14,16,19-20H2,(H,30,32)(H,31,34). The molecule has 1 aliphatic carbocycles. The van der Waals surface area contributed by atoms with Crippen LogP contribution in [0.25, 0.3) is 0 Å². The summed E-state index contributed by atoms with van der Waals surface area (Å²) in [5, 5.41) is 3.03. The molecular formula is C29H36N4O2. The van der Waals surface area contributed by atoms with E-state index in [0.29, 0.717) is 18.7 Å². The van der Waals surface area contributed by atoms with Crippen LogP contribution in [0.15, 0.2) is 55.0 Å². The van der Waals surface area contributed by atoms with Gasteiger partial charge in [0.2, 0.25) is 0 Å². The van der Waals surface area contributed by atoms with Gasteiger partial charge in [0.25, 0.3) is 5.91 Å². The number of benzene rings is 2. The Bertz CT molecular complexity index is 1110. The third-order valence-corrected chi connectivity index (χ3v) is 6.94. The smallest absolute Gasteiger partial charge is 0.251 e. The van der Waals surface area contributed by atoms with Gasteiger partial charge in [0, 0.05) is 49.9 Å². The number of aromatic nitrogens is 2. The van der Waals surface area contributed by atoms with Crippen LogP contribution in [0, 0.1) is 5.92 Å². The van der Waals surface area contributed by atoms with Gasteiger partial charge in [0.05, 0.1) is 12.9 Å². The molecule has 5 rings (SSSR count). The van der Waals surface area contributed by atoms with Crippen LogP contribution >= 0.6 is 0 Å². The number of carbonyl (C=O) groups is 1. The van der Waals surface area contributed by atoms with Crippen molar-refractivity contribution in [1.82, 2.24) is 20.2 Å². The molecule has 0 radical (unpaired) electrons. The summed E-state index contributed by atoms with van der Waals surface area (Å²) in [6, 6.07) is 14.8. The normalized spacial score (nSPS) is 17.1. The number of carbonyl (C=O) groups excluding carboxylic acids is 1. The number of nitrogens with one attached hydrogen (secondary N) is 2. The number of aromatic amines is 1. The molecular weight excluding hydrogens is 436 g/mol. The van der Waals surface area contributed by atoms with Crippen molar-refractivity contribution in [3.8, 4) is 5.75 Å². The second kappa shape index (κ2) is 11.5. The Balaban J connectivity index is 1.31. The zero-order valence-electron chi connectivity index (χ0n) is 20.5. The topological polar surface area (TPSA) is 70.2 Å². The van der Waals surface area contributed by atoms with Crippen molar-refractivity contribution in [2.24, 2.45) is 5.92 Å². The largest absolute Gasteiger partial charge is 0.493 e. The van der Waals surface area contributed by atoms with E-state index in [4.69, 9.17) is 4.74 Å². The highest BCUT2D eigenvalue weighted by Crippen LogP contribution is 2.31. The van der Waals surface area contributed by atoms with Gasteiger partial charge in [-0.2, -0.15) is 0 Å². The number of fused-ring (bicyclic) bond motifs is 3. The third kappa shape index (κ3) is 6.95. The van der Waals surface area contributed by atoms with Crippen molar-refractivity contribution in [3.63, 3.8) is 0 Å². The molecule has 35 heavy (non-hydrogen) atoms. The summed E-state index contributed by atoms with van der Waals surface area (Å²) >= 11 is 0. The molecule has 0 unspecified atom stereocenters. The highest BCUT2D eigenvalue weighted by atomic mass is 16.5. The highest BCUT2D eigenvalue weighted by Gasteiger charge is 2.24. The summed E-state index contributed by atoms with van der Waals surface area (Å²) in [6.07, 6.45) is 11.1. The van der Waals surface area contributed by atoms with Gasteiger partial charge in [-0.15, -0.1) is 0 Å². The molecule has 6 nitrogen and oxygen atoms in total. The minimum atomic E-state index is -0.0591. The van der Waals surface area contributed by atoms with Crippen molar-refractivity contribution in [2.45, 2.75) is 51.5 Å². The van der Waals surface area contributed by atoms with Crippen LogP contribution in [0.1, 0.15) is 64.8 Å². The summed E-state index contributed by atoms with van der Waals surface area (Å²) in [4.78, 5) is 22.6. The summed E-state index contributed by atoms with van der Waals surface area (Å²) in [7, 11) is 0. The predicted octanol–water partition coefficient (Wildman–Crippen LogP) is 4.75. The summed E-state index contributed by atoms with van der Waals surface area (Å²) < 4.78 is 6.21. The Kier molecular flexibility index (Phi) is 7.79. The number of amides is 1. The molecule has 2 heterocycles. The van der Waals surface area contributed by atoms with Gasteiger partial charge in [-0.3, -0.25) is 9.69 Å². The van der Waals surface area contributed by atoms with E-state index in [2.05, 4.69) is 44.5 Å². The third-order valence-electron chi connectivity index (χ3n) is 6.94. The van der Waals surface area contributed by atoms with Crippen molar-refractivity contribution in [3.05, 3.63) is 82.9 Å². The first-order chi connectivity index (χ1) is 17.2. The minimum absolute atomic E-state index is 0.0591. The molecule has 1 aliphatic heterocycles. The van der Waals surface area contributed by atoms with Crippen molar-refractivity contribution < 1.29 is 9.53 Å². The lowest BCUT2D eigenvalue weighted by Gasteiger charge is -2.23. The van der Waals surface area contributed by atoms with Crippen LogP contribution in [-0.2, 0) is 19.4 Å². The molecule has 2 N–H and O–H groups in total. The van der Waals surface area contributed by atoms with Crippen molar-refractivity contribution in [2.75, 3.05) is 26.2 Å². The molecule has 2 bridgehead atoms. The van der Waals surface area contributed by atoms with Gasteiger partial charge >= 0.3 is 0 Å². The van der Waals surface area contributed by atoms with E-state index in [-0.39, 0.29) is 5.91 Å². The maximum Gasteiger partial charge on any atom is 0.251 e. The Labute approximate surface area is 208 Å². The number of rotatable bonds is 6. The van der Waals surface area contributed by atoms with Crippen LogP contribution in [0.5, 0.6) is 5.75 Å². The molecule has 3 aromatic rings. The van der Waals surface area contributed by atoms with Crippen LogP contribution in [-0.4, -0.2) is 47.0 Å². The van der Waals surface area contributed by atoms with Gasteiger partial charge in [-0.05, 0) is 79.5 Å². The summed E-state index contributed by atoms with van der Waals surface area (Å²) in [5.41, 5.74) is 5.38. The van der Waals surface area contributed by atoms with Crippen LogP contribution in [0.2, 0.25) is 0 Å². The number of nitrogens with zero attached hydrogens (tertiary/aromatic N) is 2. The van der Waals surface area contributed by atoms with Crippen molar-refractivity contribution in [1.29, 1.82) is 0 Å². The molecule has 2 aliphatic rings. The molecule has 6 heteroatoms. The molecule has 1 aromatic heterocycles. The molecule has 1 amide bonds. The second-order valence-corrected chi connectivity index (χ2v) is 9.99. The van der Waals surface area contributed by atoms with Crippen LogP contribution in [0.3, 0.4) is 0 Å². The lowest BCUT2D eigenvalue weighted by atomic mass is 9.99. The van der Waals surface area contributed by atoms with Gasteiger partial charge < -0.3 is 15.0 Å². The fraction of sp³-hybridized carbons (Fsp3) is 0.448. The molecule has 184 valence electrons. The SMILES string of the molecule is O=C(NCCc1cnc[nH]1)c1ccc2c(c1)Cc1cccc(c1)CN(CC1CC1)CCCCCO2. The fourth-order valence-electron chi connectivity index (χ4n) is 4.85. The number of ether oxygens (including phenoxy) is 1. The molecule has 0 spiro atoms. The Morgan fingerprint density at radius 3 is 2.89 bits per heavy atom.